The Morgan fingerprint density at radius 3 is 2.75 bits per heavy atom. The summed E-state index contributed by atoms with van der Waals surface area (Å²) in [7, 11) is 0. The van der Waals surface area contributed by atoms with E-state index in [-0.39, 0.29) is 11.7 Å². The molecule has 1 amide bonds. The zero-order chi connectivity index (χ0) is 14.9. The molecule has 7 heteroatoms. The second-order valence-electron chi connectivity index (χ2n) is 4.62. The van der Waals surface area contributed by atoms with Crippen molar-refractivity contribution < 1.29 is 22.7 Å². The Labute approximate surface area is 128 Å². The number of carbonyl (C=O) groups is 1. The number of alkyl halides is 3. The Balaban J connectivity index is 2.34. The summed E-state index contributed by atoms with van der Waals surface area (Å²) < 4.78 is 44.8. The Morgan fingerprint density at radius 1 is 1.45 bits per heavy atom. The second-order valence-corrected chi connectivity index (χ2v) is 5.87. The van der Waals surface area contributed by atoms with Gasteiger partial charge in [0.25, 0.3) is 5.91 Å². The molecule has 1 aliphatic rings. The van der Waals surface area contributed by atoms with Gasteiger partial charge in [0.1, 0.15) is 0 Å². The van der Waals surface area contributed by atoms with Crippen LogP contribution < -0.4 is 0 Å². The minimum atomic E-state index is -4.54. The van der Waals surface area contributed by atoms with E-state index in [2.05, 4.69) is 0 Å². The first-order valence-corrected chi connectivity index (χ1v) is 7.14. The fraction of sp³-hybridized carbons (Fsp3) is 0.462. The first-order valence-electron chi connectivity index (χ1n) is 6.06. The van der Waals surface area contributed by atoms with Gasteiger partial charge in [-0.05, 0) is 47.7 Å². The number of nitrogens with zero attached hydrogens (tertiary/aromatic N) is 1. The highest BCUT2D eigenvalue weighted by molar-refractivity contribution is 14.1. The third-order valence-electron chi connectivity index (χ3n) is 3.05. The highest BCUT2D eigenvalue weighted by Crippen LogP contribution is 2.33. The lowest BCUT2D eigenvalue weighted by molar-refractivity contribution is -0.138. The van der Waals surface area contributed by atoms with Crippen LogP contribution in [0.25, 0.3) is 0 Å². The summed E-state index contributed by atoms with van der Waals surface area (Å²) in [4.78, 5) is 13.7. The second kappa shape index (κ2) is 5.88. The molecule has 0 aliphatic carbocycles. The van der Waals surface area contributed by atoms with E-state index in [0.717, 1.165) is 6.07 Å². The molecule has 2 rings (SSSR count). The van der Waals surface area contributed by atoms with Gasteiger partial charge in [0, 0.05) is 16.7 Å². The summed E-state index contributed by atoms with van der Waals surface area (Å²) in [6, 6.07) is 3.75. The smallest absolute Gasteiger partial charge is 0.375 e. The predicted molar refractivity (Wildman–Crippen MR) is 75.5 cm³/mol. The van der Waals surface area contributed by atoms with Crippen molar-refractivity contribution in [3.05, 3.63) is 32.9 Å². The molecule has 0 N–H and O–H groups in total. The van der Waals surface area contributed by atoms with E-state index in [4.69, 9.17) is 4.74 Å². The molecule has 1 unspecified atom stereocenters. The van der Waals surface area contributed by atoms with E-state index in [1.54, 1.807) is 29.5 Å². The lowest BCUT2D eigenvalue weighted by atomic mass is 10.1. The summed E-state index contributed by atoms with van der Waals surface area (Å²) in [5.74, 6) is -0.594. The molecular formula is C13H13F3INO2. The average molecular weight is 399 g/mol. The number of hydrogen-bond acceptors (Lipinski definition) is 2. The molecule has 1 aromatic rings. The minimum absolute atomic E-state index is 0.161. The van der Waals surface area contributed by atoms with Crippen LogP contribution in [0.4, 0.5) is 13.2 Å². The minimum Gasteiger partial charge on any atom is -0.375 e. The van der Waals surface area contributed by atoms with E-state index >= 15 is 0 Å². The van der Waals surface area contributed by atoms with Gasteiger partial charge in [-0.25, -0.2) is 0 Å². The highest BCUT2D eigenvalue weighted by atomic mass is 127. The first kappa shape index (κ1) is 15.6. The zero-order valence-electron chi connectivity index (χ0n) is 10.7. The fourth-order valence-electron chi connectivity index (χ4n) is 2.11. The van der Waals surface area contributed by atoms with Crippen molar-refractivity contribution in [2.45, 2.75) is 19.2 Å². The first-order chi connectivity index (χ1) is 9.29. The standard InChI is InChI=1S/C13H13F3INO2/c1-8-7-18(4-5-20-8)12(19)10-3-2-9(17)6-11(10)13(14,15)16/h2-3,6,8H,4-5,7H2,1H3. The van der Waals surface area contributed by atoms with Crippen molar-refractivity contribution in [2.24, 2.45) is 0 Å². The quantitative estimate of drug-likeness (QED) is 0.680. The molecule has 110 valence electrons. The maximum absolute atomic E-state index is 13.0. The van der Waals surface area contributed by atoms with Crippen LogP contribution in [0.3, 0.4) is 0 Å². The molecule has 1 heterocycles. The summed E-state index contributed by atoms with van der Waals surface area (Å²) >= 11 is 1.80. The van der Waals surface area contributed by atoms with Gasteiger partial charge in [-0.1, -0.05) is 0 Å². The van der Waals surface area contributed by atoms with Gasteiger partial charge in [0.15, 0.2) is 0 Å². The molecular weight excluding hydrogens is 386 g/mol. The van der Waals surface area contributed by atoms with Crippen molar-refractivity contribution in [1.82, 2.24) is 4.90 Å². The summed E-state index contributed by atoms with van der Waals surface area (Å²) in [6.45, 7) is 2.76. The van der Waals surface area contributed by atoms with Gasteiger partial charge in [0.2, 0.25) is 0 Å². The molecule has 1 atom stereocenters. The topological polar surface area (TPSA) is 29.5 Å². The molecule has 1 aromatic carbocycles. The Bertz CT molecular complexity index is 519. The number of hydrogen-bond donors (Lipinski definition) is 0. The van der Waals surface area contributed by atoms with Crippen molar-refractivity contribution in [2.75, 3.05) is 19.7 Å². The van der Waals surface area contributed by atoms with Crippen LogP contribution in [0.15, 0.2) is 18.2 Å². The molecule has 0 saturated carbocycles. The molecule has 1 aliphatic heterocycles. The number of halogens is 4. The van der Waals surface area contributed by atoms with Crippen LogP contribution in [0, 0.1) is 3.57 Å². The van der Waals surface area contributed by atoms with E-state index in [1.165, 1.54) is 17.0 Å². The summed E-state index contributed by atoms with van der Waals surface area (Å²) in [6.07, 6.45) is -4.70. The van der Waals surface area contributed by atoms with Gasteiger partial charge in [-0.2, -0.15) is 13.2 Å². The third-order valence-corrected chi connectivity index (χ3v) is 3.72. The van der Waals surface area contributed by atoms with Crippen LogP contribution in [-0.2, 0) is 10.9 Å². The van der Waals surface area contributed by atoms with Gasteiger partial charge in [0.05, 0.1) is 23.8 Å². The van der Waals surface area contributed by atoms with Crippen LogP contribution >= 0.6 is 22.6 Å². The van der Waals surface area contributed by atoms with Crippen molar-refractivity contribution in [3.63, 3.8) is 0 Å². The monoisotopic (exact) mass is 399 g/mol. The van der Waals surface area contributed by atoms with Gasteiger partial charge >= 0.3 is 6.18 Å². The predicted octanol–water partition coefficient (Wildman–Crippen LogP) is 3.17. The van der Waals surface area contributed by atoms with Gasteiger partial charge in [-0.3, -0.25) is 4.79 Å². The summed E-state index contributed by atoms with van der Waals surface area (Å²) in [5.41, 5.74) is -1.18. The van der Waals surface area contributed by atoms with Gasteiger partial charge in [-0.15, -0.1) is 0 Å². The molecule has 1 fully saturated rings. The number of benzene rings is 1. The van der Waals surface area contributed by atoms with E-state index in [9.17, 15) is 18.0 Å². The molecule has 20 heavy (non-hydrogen) atoms. The number of carbonyl (C=O) groups excluding carboxylic acids is 1. The SMILES string of the molecule is CC1CN(C(=O)c2ccc(I)cc2C(F)(F)F)CCO1. The number of rotatable bonds is 1. The van der Waals surface area contributed by atoms with E-state index in [0.29, 0.717) is 23.3 Å². The molecule has 3 nitrogen and oxygen atoms in total. The normalized spacial score (nSPS) is 20.1. The largest absolute Gasteiger partial charge is 0.417 e. The number of ether oxygens (including phenoxy) is 1. The fourth-order valence-corrected chi connectivity index (χ4v) is 2.60. The maximum Gasteiger partial charge on any atom is 0.417 e. The number of morpholine rings is 1. The Morgan fingerprint density at radius 2 is 2.15 bits per heavy atom. The Kier molecular flexibility index (Phi) is 4.58. The molecule has 0 spiro atoms. The molecule has 1 saturated heterocycles. The molecule has 0 radical (unpaired) electrons. The van der Waals surface area contributed by atoms with Crippen LogP contribution in [0.5, 0.6) is 0 Å². The maximum atomic E-state index is 13.0. The average Bonchev–Trinajstić information content (AvgIpc) is 2.37. The summed E-state index contributed by atoms with van der Waals surface area (Å²) in [5, 5.41) is 0. The molecule has 0 aromatic heterocycles. The van der Waals surface area contributed by atoms with Crippen LogP contribution in [0.2, 0.25) is 0 Å². The lowest BCUT2D eigenvalue weighted by Crippen LogP contribution is -2.45. The van der Waals surface area contributed by atoms with Crippen molar-refractivity contribution in [3.8, 4) is 0 Å². The van der Waals surface area contributed by atoms with Crippen LogP contribution in [-0.4, -0.2) is 36.6 Å². The van der Waals surface area contributed by atoms with Crippen LogP contribution in [0.1, 0.15) is 22.8 Å². The third kappa shape index (κ3) is 3.43. The number of amides is 1. The highest BCUT2D eigenvalue weighted by Gasteiger charge is 2.37. The van der Waals surface area contributed by atoms with Gasteiger partial charge < -0.3 is 9.64 Å². The van der Waals surface area contributed by atoms with Crippen molar-refractivity contribution in [1.29, 1.82) is 0 Å². The lowest BCUT2D eigenvalue weighted by Gasteiger charge is -2.31. The zero-order valence-corrected chi connectivity index (χ0v) is 12.9. The van der Waals surface area contributed by atoms with E-state index in [1.807, 2.05) is 0 Å². The molecule has 0 bridgehead atoms. The van der Waals surface area contributed by atoms with Crippen molar-refractivity contribution >= 4 is 28.5 Å². The Hall–Kier alpha value is -0.830. The van der Waals surface area contributed by atoms with E-state index < -0.39 is 17.6 Å².